The van der Waals surface area contributed by atoms with Gasteiger partial charge in [0.25, 0.3) is 0 Å². The summed E-state index contributed by atoms with van der Waals surface area (Å²) in [6, 6.07) is 0. The van der Waals surface area contributed by atoms with Gasteiger partial charge in [-0.25, -0.2) is 10.1 Å². The number of nitrogens with two attached hydrogens (primary N) is 2. The van der Waals surface area contributed by atoms with Crippen LogP contribution >= 0.6 is 7.75 Å². The molecule has 1 unspecified atom stereocenters. The molecule has 0 aromatic heterocycles. The summed E-state index contributed by atoms with van der Waals surface area (Å²) in [6.07, 6.45) is 0.520. The standard InChI is InChI=1S/C6H15N2O3P/c1-5(2)6(7)3-4-10-12(8,9)11-6/h5H,3-4,7H2,1-2H3,(H2,8,9)/t6?,12-/m1/s1. The third-order valence-corrected chi connectivity index (χ3v) is 3.18. The summed E-state index contributed by atoms with van der Waals surface area (Å²) in [7, 11) is -3.39. The van der Waals surface area contributed by atoms with Crippen molar-refractivity contribution in [2.24, 2.45) is 17.2 Å². The molecule has 0 amide bonds. The molecule has 0 spiro atoms. The SMILES string of the molecule is CC(C)C1(N)CCO[P@@](N)(=O)O1. The average Bonchev–Trinajstić information content (AvgIpc) is 1.83. The topological polar surface area (TPSA) is 87.6 Å². The van der Waals surface area contributed by atoms with Crippen LogP contribution in [-0.4, -0.2) is 12.3 Å². The van der Waals surface area contributed by atoms with Gasteiger partial charge in [0.1, 0.15) is 5.72 Å². The number of hydrogen-bond donors (Lipinski definition) is 2. The Labute approximate surface area is 72.0 Å². The summed E-state index contributed by atoms with van der Waals surface area (Å²) in [5.74, 6) is 0.0678. The predicted octanol–water partition coefficient (Wildman–Crippen LogP) is 0.801. The Kier molecular flexibility index (Phi) is 2.61. The molecular weight excluding hydrogens is 179 g/mol. The lowest BCUT2D eigenvalue weighted by Gasteiger charge is -2.38. The zero-order valence-electron chi connectivity index (χ0n) is 7.32. The van der Waals surface area contributed by atoms with Crippen molar-refractivity contribution in [3.05, 3.63) is 0 Å². The first-order valence-corrected chi connectivity index (χ1v) is 5.50. The molecule has 0 bridgehead atoms. The molecule has 6 heteroatoms. The summed E-state index contributed by atoms with van der Waals surface area (Å²) in [4.78, 5) is 0. The van der Waals surface area contributed by atoms with Crippen LogP contribution in [0.2, 0.25) is 0 Å². The maximum atomic E-state index is 11.2. The highest BCUT2D eigenvalue weighted by atomic mass is 31.2. The first-order valence-electron chi connectivity index (χ1n) is 3.88. The van der Waals surface area contributed by atoms with Crippen molar-refractivity contribution in [1.29, 1.82) is 0 Å². The largest absolute Gasteiger partial charge is 0.404 e. The van der Waals surface area contributed by atoms with E-state index >= 15 is 0 Å². The van der Waals surface area contributed by atoms with Gasteiger partial charge < -0.3 is 5.73 Å². The molecule has 72 valence electrons. The third kappa shape index (κ3) is 2.06. The minimum atomic E-state index is -3.39. The molecule has 4 N–H and O–H groups in total. The molecule has 1 rings (SSSR count). The molecule has 1 aliphatic heterocycles. The van der Waals surface area contributed by atoms with E-state index in [-0.39, 0.29) is 5.92 Å². The molecule has 0 aromatic carbocycles. The van der Waals surface area contributed by atoms with Crippen LogP contribution in [0.15, 0.2) is 0 Å². The van der Waals surface area contributed by atoms with Crippen molar-refractivity contribution in [1.82, 2.24) is 0 Å². The zero-order chi connectivity index (χ0) is 9.41. The van der Waals surface area contributed by atoms with E-state index in [4.69, 9.17) is 20.3 Å². The molecule has 1 aliphatic rings. The summed E-state index contributed by atoms with van der Waals surface area (Å²) in [6.45, 7) is 4.08. The first kappa shape index (κ1) is 10.2. The fourth-order valence-electron chi connectivity index (χ4n) is 1.04. The van der Waals surface area contributed by atoms with Crippen LogP contribution in [0.25, 0.3) is 0 Å². The van der Waals surface area contributed by atoms with Crippen molar-refractivity contribution in [2.75, 3.05) is 6.61 Å². The summed E-state index contributed by atoms with van der Waals surface area (Å²) >= 11 is 0. The van der Waals surface area contributed by atoms with E-state index in [1.165, 1.54) is 0 Å². The van der Waals surface area contributed by atoms with Gasteiger partial charge >= 0.3 is 7.75 Å². The summed E-state index contributed by atoms with van der Waals surface area (Å²) in [5, 5.41) is 0. The lowest BCUT2D eigenvalue weighted by Crippen LogP contribution is -2.50. The van der Waals surface area contributed by atoms with Gasteiger partial charge in [0.15, 0.2) is 0 Å². The van der Waals surface area contributed by atoms with Gasteiger partial charge in [-0.15, -0.1) is 0 Å². The quantitative estimate of drug-likeness (QED) is 0.603. The van der Waals surface area contributed by atoms with Crippen LogP contribution in [0.5, 0.6) is 0 Å². The van der Waals surface area contributed by atoms with Crippen molar-refractivity contribution in [3.8, 4) is 0 Å². The Morgan fingerprint density at radius 2 is 2.17 bits per heavy atom. The minimum Gasteiger partial charge on any atom is -0.303 e. The van der Waals surface area contributed by atoms with Gasteiger partial charge in [-0.3, -0.25) is 9.05 Å². The van der Waals surface area contributed by atoms with Crippen molar-refractivity contribution in [3.63, 3.8) is 0 Å². The maximum absolute atomic E-state index is 11.2. The van der Waals surface area contributed by atoms with E-state index < -0.39 is 13.5 Å². The predicted molar refractivity (Wildman–Crippen MR) is 45.2 cm³/mol. The van der Waals surface area contributed by atoms with Gasteiger partial charge in [0.2, 0.25) is 0 Å². The summed E-state index contributed by atoms with van der Waals surface area (Å²) < 4.78 is 21.0. The van der Waals surface area contributed by atoms with Crippen LogP contribution in [-0.2, 0) is 13.6 Å². The smallest absolute Gasteiger partial charge is 0.303 e. The molecule has 1 fully saturated rings. The summed E-state index contributed by atoms with van der Waals surface area (Å²) in [5.41, 5.74) is 10.1. The van der Waals surface area contributed by atoms with Crippen LogP contribution < -0.4 is 11.2 Å². The van der Waals surface area contributed by atoms with Gasteiger partial charge in [-0.2, -0.15) is 0 Å². The second-order valence-electron chi connectivity index (χ2n) is 3.32. The highest BCUT2D eigenvalue weighted by Gasteiger charge is 2.41. The zero-order valence-corrected chi connectivity index (χ0v) is 8.21. The maximum Gasteiger partial charge on any atom is 0.404 e. The van der Waals surface area contributed by atoms with Gasteiger partial charge in [0, 0.05) is 6.42 Å². The molecular formula is C6H15N2O3P. The van der Waals surface area contributed by atoms with Gasteiger partial charge in [-0.1, -0.05) is 13.8 Å². The Balaban J connectivity index is 2.75. The molecule has 12 heavy (non-hydrogen) atoms. The number of hydrogen-bond acceptors (Lipinski definition) is 4. The van der Waals surface area contributed by atoms with Gasteiger partial charge in [-0.05, 0) is 5.92 Å². The van der Waals surface area contributed by atoms with Gasteiger partial charge in [0.05, 0.1) is 6.61 Å². The van der Waals surface area contributed by atoms with Crippen molar-refractivity contribution < 1.29 is 13.6 Å². The van der Waals surface area contributed by atoms with Crippen LogP contribution in [0.1, 0.15) is 20.3 Å². The van der Waals surface area contributed by atoms with E-state index in [1.54, 1.807) is 0 Å². The van der Waals surface area contributed by atoms with E-state index in [0.29, 0.717) is 13.0 Å². The monoisotopic (exact) mass is 194 g/mol. The molecule has 1 heterocycles. The highest BCUT2D eigenvalue weighted by Crippen LogP contribution is 2.48. The Hall–Kier alpha value is 0.0700. The normalized spacial score (nSPS) is 43.4. The van der Waals surface area contributed by atoms with Crippen molar-refractivity contribution in [2.45, 2.75) is 26.0 Å². The van der Waals surface area contributed by atoms with E-state index in [2.05, 4.69) is 0 Å². The molecule has 0 radical (unpaired) electrons. The second-order valence-corrected chi connectivity index (χ2v) is 4.84. The first-order chi connectivity index (χ1) is 5.36. The molecule has 5 nitrogen and oxygen atoms in total. The fraction of sp³-hybridized carbons (Fsp3) is 1.00. The van der Waals surface area contributed by atoms with Crippen molar-refractivity contribution >= 4 is 7.75 Å². The Bertz CT molecular complexity index is 221. The fourth-order valence-corrected chi connectivity index (χ4v) is 2.21. The molecule has 0 aromatic rings. The number of rotatable bonds is 1. The van der Waals surface area contributed by atoms with E-state index in [9.17, 15) is 4.57 Å². The van der Waals surface area contributed by atoms with Crippen LogP contribution in [0.3, 0.4) is 0 Å². The minimum absolute atomic E-state index is 0.0678. The lowest BCUT2D eigenvalue weighted by molar-refractivity contribution is -0.0373. The van der Waals surface area contributed by atoms with Crippen LogP contribution in [0.4, 0.5) is 0 Å². The van der Waals surface area contributed by atoms with E-state index in [0.717, 1.165) is 0 Å². The Morgan fingerprint density at radius 3 is 2.50 bits per heavy atom. The molecule has 0 aliphatic carbocycles. The lowest BCUT2D eigenvalue weighted by atomic mass is 9.98. The van der Waals surface area contributed by atoms with E-state index in [1.807, 2.05) is 13.8 Å². The second kappa shape index (κ2) is 3.09. The van der Waals surface area contributed by atoms with Crippen LogP contribution in [0, 0.1) is 5.92 Å². The molecule has 1 saturated heterocycles. The highest BCUT2D eigenvalue weighted by molar-refractivity contribution is 7.51. The third-order valence-electron chi connectivity index (χ3n) is 2.04. The average molecular weight is 194 g/mol. The molecule has 0 saturated carbocycles. The molecule has 2 atom stereocenters. The Morgan fingerprint density at radius 1 is 1.58 bits per heavy atom.